The molecule has 2 aromatic rings. The molecule has 1 aliphatic heterocycles. The van der Waals surface area contributed by atoms with Gasteiger partial charge in [-0.05, 0) is 38.1 Å². The molecule has 0 aliphatic carbocycles. The smallest absolute Gasteiger partial charge is 0.0420 e. The standard InChI is InChI=1S/C19H26N2/c1-15-7-5-8-16(2)21(15)14-13-20-19-12-6-10-17-9-3-4-11-18(17)19/h3-4,6,9-12,15-16,20H,5,7-8,13-14H2,1-2H3. The molecule has 1 aliphatic rings. The van der Waals surface area contributed by atoms with Gasteiger partial charge in [0, 0.05) is 36.2 Å². The number of rotatable bonds is 4. The molecule has 1 heterocycles. The number of benzene rings is 2. The van der Waals surface area contributed by atoms with Crippen molar-refractivity contribution in [3.63, 3.8) is 0 Å². The van der Waals surface area contributed by atoms with E-state index < -0.39 is 0 Å². The summed E-state index contributed by atoms with van der Waals surface area (Å²) in [7, 11) is 0. The average Bonchev–Trinajstić information content (AvgIpc) is 2.50. The van der Waals surface area contributed by atoms with E-state index in [2.05, 4.69) is 66.5 Å². The van der Waals surface area contributed by atoms with Crippen LogP contribution in [-0.4, -0.2) is 30.1 Å². The zero-order valence-electron chi connectivity index (χ0n) is 13.2. The van der Waals surface area contributed by atoms with Crippen molar-refractivity contribution in [2.75, 3.05) is 18.4 Å². The van der Waals surface area contributed by atoms with Crippen LogP contribution < -0.4 is 5.32 Å². The van der Waals surface area contributed by atoms with Crippen molar-refractivity contribution in [1.29, 1.82) is 0 Å². The van der Waals surface area contributed by atoms with Crippen LogP contribution in [0, 0.1) is 0 Å². The van der Waals surface area contributed by atoms with Gasteiger partial charge in [0.2, 0.25) is 0 Å². The van der Waals surface area contributed by atoms with E-state index in [-0.39, 0.29) is 0 Å². The molecule has 1 fully saturated rings. The minimum absolute atomic E-state index is 0.725. The molecule has 0 bridgehead atoms. The summed E-state index contributed by atoms with van der Waals surface area (Å²) in [5, 5.41) is 6.26. The summed E-state index contributed by atoms with van der Waals surface area (Å²) in [5.41, 5.74) is 1.26. The summed E-state index contributed by atoms with van der Waals surface area (Å²) >= 11 is 0. The van der Waals surface area contributed by atoms with Gasteiger partial charge in [-0.15, -0.1) is 0 Å². The summed E-state index contributed by atoms with van der Waals surface area (Å²) < 4.78 is 0. The van der Waals surface area contributed by atoms with Crippen molar-refractivity contribution in [3.8, 4) is 0 Å². The molecule has 2 heteroatoms. The highest BCUT2D eigenvalue weighted by molar-refractivity contribution is 5.93. The van der Waals surface area contributed by atoms with Crippen LogP contribution in [0.15, 0.2) is 42.5 Å². The predicted molar refractivity (Wildman–Crippen MR) is 91.9 cm³/mol. The highest BCUT2D eigenvalue weighted by atomic mass is 15.2. The first-order valence-electron chi connectivity index (χ1n) is 8.23. The van der Waals surface area contributed by atoms with E-state index in [1.54, 1.807) is 0 Å². The molecule has 21 heavy (non-hydrogen) atoms. The maximum absolute atomic E-state index is 3.63. The van der Waals surface area contributed by atoms with E-state index in [1.807, 2.05) is 0 Å². The molecule has 0 radical (unpaired) electrons. The lowest BCUT2D eigenvalue weighted by Crippen LogP contribution is -2.45. The number of hydrogen-bond acceptors (Lipinski definition) is 2. The van der Waals surface area contributed by atoms with Gasteiger partial charge in [0.1, 0.15) is 0 Å². The van der Waals surface area contributed by atoms with Gasteiger partial charge in [0.05, 0.1) is 0 Å². The molecule has 1 N–H and O–H groups in total. The molecule has 2 unspecified atom stereocenters. The lowest BCUT2D eigenvalue weighted by atomic mass is 9.98. The Bertz CT molecular complexity index is 578. The van der Waals surface area contributed by atoms with Crippen molar-refractivity contribution in [2.24, 2.45) is 0 Å². The van der Waals surface area contributed by atoms with E-state index >= 15 is 0 Å². The molecule has 3 rings (SSSR count). The average molecular weight is 282 g/mol. The second-order valence-corrected chi connectivity index (χ2v) is 6.32. The Morgan fingerprint density at radius 2 is 1.71 bits per heavy atom. The van der Waals surface area contributed by atoms with Gasteiger partial charge >= 0.3 is 0 Å². The SMILES string of the molecule is CC1CCCC(C)N1CCNc1cccc2ccccc12. The van der Waals surface area contributed by atoms with Crippen LogP contribution in [0.3, 0.4) is 0 Å². The van der Waals surface area contributed by atoms with Crippen molar-refractivity contribution < 1.29 is 0 Å². The molecule has 0 saturated carbocycles. The van der Waals surface area contributed by atoms with Crippen LogP contribution in [0.25, 0.3) is 10.8 Å². The minimum atomic E-state index is 0.725. The molecule has 1 saturated heterocycles. The van der Waals surface area contributed by atoms with Crippen LogP contribution in [0.4, 0.5) is 5.69 Å². The Labute approximate surface area is 128 Å². The topological polar surface area (TPSA) is 15.3 Å². The Morgan fingerprint density at radius 3 is 2.52 bits per heavy atom. The quantitative estimate of drug-likeness (QED) is 0.887. The molecule has 2 aromatic carbocycles. The van der Waals surface area contributed by atoms with Gasteiger partial charge in [0.15, 0.2) is 0 Å². The number of nitrogens with one attached hydrogen (secondary N) is 1. The van der Waals surface area contributed by atoms with E-state index in [0.717, 1.165) is 25.2 Å². The fourth-order valence-electron chi connectivity index (χ4n) is 3.61. The van der Waals surface area contributed by atoms with Crippen molar-refractivity contribution in [2.45, 2.75) is 45.2 Å². The van der Waals surface area contributed by atoms with Gasteiger partial charge < -0.3 is 5.32 Å². The van der Waals surface area contributed by atoms with Gasteiger partial charge in [-0.25, -0.2) is 0 Å². The van der Waals surface area contributed by atoms with Crippen molar-refractivity contribution in [1.82, 2.24) is 4.90 Å². The van der Waals surface area contributed by atoms with Crippen LogP contribution in [0.2, 0.25) is 0 Å². The van der Waals surface area contributed by atoms with E-state index in [4.69, 9.17) is 0 Å². The van der Waals surface area contributed by atoms with Gasteiger partial charge in [0.25, 0.3) is 0 Å². The molecule has 2 atom stereocenters. The molecular formula is C19H26N2. The maximum Gasteiger partial charge on any atom is 0.0420 e. The Kier molecular flexibility index (Phi) is 4.45. The second kappa shape index (κ2) is 6.48. The monoisotopic (exact) mass is 282 g/mol. The lowest BCUT2D eigenvalue weighted by molar-refractivity contribution is 0.109. The zero-order chi connectivity index (χ0) is 14.7. The fraction of sp³-hybridized carbons (Fsp3) is 0.474. The number of fused-ring (bicyclic) bond motifs is 1. The highest BCUT2D eigenvalue weighted by Crippen LogP contribution is 2.24. The minimum Gasteiger partial charge on any atom is -0.383 e. The van der Waals surface area contributed by atoms with E-state index in [1.165, 1.54) is 35.7 Å². The maximum atomic E-state index is 3.63. The number of nitrogens with zero attached hydrogens (tertiary/aromatic N) is 1. The molecule has 0 aromatic heterocycles. The first-order valence-corrected chi connectivity index (χ1v) is 8.23. The summed E-state index contributed by atoms with van der Waals surface area (Å²) in [6, 6.07) is 16.5. The molecule has 0 spiro atoms. The third-order valence-electron chi connectivity index (χ3n) is 4.85. The lowest BCUT2D eigenvalue weighted by Gasteiger charge is -2.39. The second-order valence-electron chi connectivity index (χ2n) is 6.32. The first kappa shape index (κ1) is 14.4. The summed E-state index contributed by atoms with van der Waals surface area (Å²) in [5.74, 6) is 0. The Hall–Kier alpha value is -1.54. The number of piperidine rings is 1. The molecule has 0 amide bonds. The van der Waals surface area contributed by atoms with Crippen molar-refractivity contribution >= 4 is 16.5 Å². The zero-order valence-corrected chi connectivity index (χ0v) is 13.2. The van der Waals surface area contributed by atoms with Crippen LogP contribution in [-0.2, 0) is 0 Å². The summed E-state index contributed by atoms with van der Waals surface area (Å²) in [6.07, 6.45) is 4.08. The van der Waals surface area contributed by atoms with Crippen LogP contribution >= 0.6 is 0 Å². The van der Waals surface area contributed by atoms with Crippen molar-refractivity contribution in [3.05, 3.63) is 42.5 Å². The highest BCUT2D eigenvalue weighted by Gasteiger charge is 2.23. The Morgan fingerprint density at radius 1 is 1.00 bits per heavy atom. The summed E-state index contributed by atoms with van der Waals surface area (Å²) in [4.78, 5) is 2.65. The number of likely N-dealkylation sites (tertiary alicyclic amines) is 1. The van der Waals surface area contributed by atoms with Gasteiger partial charge in [-0.3, -0.25) is 4.90 Å². The number of hydrogen-bond donors (Lipinski definition) is 1. The fourth-order valence-corrected chi connectivity index (χ4v) is 3.61. The number of anilines is 1. The van der Waals surface area contributed by atoms with Gasteiger partial charge in [-0.1, -0.05) is 42.8 Å². The third kappa shape index (κ3) is 3.21. The van der Waals surface area contributed by atoms with E-state index in [0.29, 0.717) is 0 Å². The molecular weight excluding hydrogens is 256 g/mol. The normalized spacial score (nSPS) is 23.3. The largest absolute Gasteiger partial charge is 0.383 e. The molecule has 2 nitrogen and oxygen atoms in total. The summed E-state index contributed by atoms with van der Waals surface area (Å²) in [6.45, 7) is 6.88. The third-order valence-corrected chi connectivity index (χ3v) is 4.85. The molecule has 112 valence electrons. The van der Waals surface area contributed by atoms with Gasteiger partial charge in [-0.2, -0.15) is 0 Å². The first-order chi connectivity index (χ1) is 10.3. The predicted octanol–water partition coefficient (Wildman–Crippen LogP) is 4.51. The van der Waals surface area contributed by atoms with Crippen LogP contribution in [0.5, 0.6) is 0 Å². The van der Waals surface area contributed by atoms with E-state index in [9.17, 15) is 0 Å². The van der Waals surface area contributed by atoms with Crippen LogP contribution in [0.1, 0.15) is 33.1 Å². The Balaban J connectivity index is 1.64.